The van der Waals surface area contributed by atoms with E-state index in [2.05, 4.69) is 0 Å². The van der Waals surface area contributed by atoms with E-state index in [0.717, 1.165) is 0 Å². The minimum Gasteiger partial charge on any atom is -0.293 e. The molecule has 0 N–H and O–H groups in total. The quantitative estimate of drug-likeness (QED) is 0.276. The third-order valence-electron chi connectivity index (χ3n) is 1.84. The molecule has 5 nitrogen and oxygen atoms in total. The van der Waals surface area contributed by atoms with Crippen LogP contribution in [0.1, 0.15) is 15.9 Å². The molecule has 16 heavy (non-hydrogen) atoms. The second-order valence-corrected chi connectivity index (χ2v) is 4.10. The van der Waals surface area contributed by atoms with Crippen molar-refractivity contribution < 1.29 is 9.72 Å². The summed E-state index contributed by atoms with van der Waals surface area (Å²) < 4.78 is 0.154. The number of carbonyl (C=O) groups is 1. The standard InChI is InChI=1S/C9H4ClIN2O3/c10-3-7(14)6-2-1-5(4-12)8(11)9(6)13(15)16/h1-2H,3H2. The Bertz CT molecular complexity index is 510. The van der Waals surface area contributed by atoms with Gasteiger partial charge in [-0.05, 0) is 34.7 Å². The molecule has 0 amide bonds. The number of ketones is 1. The number of nitro benzene ring substituents is 1. The first-order valence-corrected chi connectivity index (χ1v) is 5.60. The topological polar surface area (TPSA) is 84.0 Å². The van der Waals surface area contributed by atoms with E-state index in [1.807, 2.05) is 6.07 Å². The Morgan fingerprint density at radius 2 is 2.25 bits per heavy atom. The van der Waals surface area contributed by atoms with Gasteiger partial charge in [-0.25, -0.2) is 0 Å². The van der Waals surface area contributed by atoms with Gasteiger partial charge in [0.1, 0.15) is 9.64 Å². The van der Waals surface area contributed by atoms with Crippen LogP contribution in [0.3, 0.4) is 0 Å². The lowest BCUT2D eigenvalue weighted by molar-refractivity contribution is -0.386. The van der Waals surface area contributed by atoms with Gasteiger partial charge in [0, 0.05) is 0 Å². The van der Waals surface area contributed by atoms with Crippen LogP contribution < -0.4 is 0 Å². The molecule has 0 heterocycles. The van der Waals surface area contributed by atoms with Gasteiger partial charge in [0.15, 0.2) is 5.78 Å². The van der Waals surface area contributed by atoms with Gasteiger partial charge in [0.25, 0.3) is 5.69 Å². The van der Waals surface area contributed by atoms with E-state index in [-0.39, 0.29) is 26.3 Å². The van der Waals surface area contributed by atoms with E-state index >= 15 is 0 Å². The maximum atomic E-state index is 11.4. The monoisotopic (exact) mass is 350 g/mol. The van der Waals surface area contributed by atoms with Crippen LogP contribution in [0.5, 0.6) is 0 Å². The summed E-state index contributed by atoms with van der Waals surface area (Å²) >= 11 is 7.02. The lowest BCUT2D eigenvalue weighted by Gasteiger charge is -2.03. The Hall–Kier alpha value is -1.20. The summed E-state index contributed by atoms with van der Waals surface area (Å²) in [6.07, 6.45) is 0. The molecule has 0 unspecified atom stereocenters. The predicted molar refractivity (Wildman–Crippen MR) is 65.6 cm³/mol. The van der Waals surface area contributed by atoms with Gasteiger partial charge in [-0.1, -0.05) is 0 Å². The Kier molecular flexibility index (Phi) is 4.20. The maximum Gasteiger partial charge on any atom is 0.294 e. The summed E-state index contributed by atoms with van der Waals surface area (Å²) in [7, 11) is 0. The lowest BCUT2D eigenvalue weighted by atomic mass is 10.1. The molecule has 0 saturated carbocycles. The van der Waals surface area contributed by atoms with Gasteiger partial charge in [-0.2, -0.15) is 5.26 Å². The first-order chi connectivity index (χ1) is 7.52. The molecule has 0 fully saturated rings. The number of Topliss-reactive ketones (excluding diaryl/α,β-unsaturated/α-hetero) is 1. The smallest absolute Gasteiger partial charge is 0.293 e. The second kappa shape index (κ2) is 5.23. The fraction of sp³-hybridized carbons (Fsp3) is 0.111. The fourth-order valence-electron chi connectivity index (χ4n) is 1.13. The zero-order valence-electron chi connectivity index (χ0n) is 7.74. The number of rotatable bonds is 3. The largest absolute Gasteiger partial charge is 0.294 e. The highest BCUT2D eigenvalue weighted by Crippen LogP contribution is 2.28. The van der Waals surface area contributed by atoms with Crippen molar-refractivity contribution in [2.24, 2.45) is 0 Å². The van der Waals surface area contributed by atoms with E-state index in [1.165, 1.54) is 12.1 Å². The molecule has 0 aliphatic rings. The van der Waals surface area contributed by atoms with Gasteiger partial charge < -0.3 is 0 Å². The highest BCUT2D eigenvalue weighted by molar-refractivity contribution is 14.1. The van der Waals surface area contributed by atoms with Crippen molar-refractivity contribution in [1.29, 1.82) is 5.26 Å². The van der Waals surface area contributed by atoms with E-state index in [0.29, 0.717) is 0 Å². The van der Waals surface area contributed by atoms with Crippen LogP contribution in [0.15, 0.2) is 12.1 Å². The molecule has 0 spiro atoms. The van der Waals surface area contributed by atoms with E-state index in [9.17, 15) is 14.9 Å². The number of hydrogen-bond acceptors (Lipinski definition) is 4. The van der Waals surface area contributed by atoms with Crippen molar-refractivity contribution in [3.8, 4) is 6.07 Å². The second-order valence-electron chi connectivity index (χ2n) is 2.75. The molecule has 0 bridgehead atoms. The summed E-state index contributed by atoms with van der Waals surface area (Å²) in [6.45, 7) is 0. The van der Waals surface area contributed by atoms with Gasteiger partial charge in [0.05, 0.1) is 21.9 Å². The van der Waals surface area contributed by atoms with Crippen molar-refractivity contribution >= 4 is 45.7 Å². The Balaban J connectivity index is 3.54. The van der Waals surface area contributed by atoms with Crippen LogP contribution in [-0.2, 0) is 0 Å². The SMILES string of the molecule is N#Cc1ccc(C(=O)CCl)c([N+](=O)[O-])c1I. The Morgan fingerprint density at radius 3 is 2.69 bits per heavy atom. The molecule has 0 aromatic heterocycles. The number of hydrogen-bond donors (Lipinski definition) is 0. The van der Waals surface area contributed by atoms with Crippen LogP contribution in [0.2, 0.25) is 0 Å². The highest BCUT2D eigenvalue weighted by atomic mass is 127. The summed E-state index contributed by atoms with van der Waals surface area (Å²) in [5.74, 6) is -0.862. The first kappa shape index (κ1) is 12.9. The normalized spacial score (nSPS) is 9.56. The van der Waals surface area contributed by atoms with Crippen LogP contribution in [-0.4, -0.2) is 16.6 Å². The molecule has 1 aromatic rings. The number of nitro groups is 1. The lowest BCUT2D eigenvalue weighted by Crippen LogP contribution is -2.07. The summed E-state index contributed by atoms with van der Waals surface area (Å²) in [5.41, 5.74) is -0.257. The van der Waals surface area contributed by atoms with Crippen molar-refractivity contribution in [2.45, 2.75) is 0 Å². The minimum absolute atomic E-state index is 0.0663. The van der Waals surface area contributed by atoms with Crippen LogP contribution in [0.25, 0.3) is 0 Å². The number of nitrogens with zero attached hydrogens (tertiary/aromatic N) is 2. The van der Waals surface area contributed by atoms with Crippen molar-refractivity contribution in [2.75, 3.05) is 5.88 Å². The molecular formula is C9H4ClIN2O3. The number of benzene rings is 1. The van der Waals surface area contributed by atoms with Gasteiger partial charge in [0.2, 0.25) is 0 Å². The van der Waals surface area contributed by atoms with E-state index in [1.54, 1.807) is 22.6 Å². The minimum atomic E-state index is -0.678. The zero-order chi connectivity index (χ0) is 12.3. The van der Waals surface area contributed by atoms with E-state index < -0.39 is 10.7 Å². The molecule has 0 radical (unpaired) electrons. The molecule has 0 aliphatic heterocycles. The van der Waals surface area contributed by atoms with Crippen LogP contribution in [0.4, 0.5) is 5.69 Å². The van der Waals surface area contributed by atoms with Crippen molar-refractivity contribution in [3.05, 3.63) is 36.9 Å². The highest BCUT2D eigenvalue weighted by Gasteiger charge is 2.25. The zero-order valence-corrected chi connectivity index (χ0v) is 10.7. The first-order valence-electron chi connectivity index (χ1n) is 3.99. The van der Waals surface area contributed by atoms with Gasteiger partial charge >= 0.3 is 0 Å². The molecule has 7 heteroatoms. The molecule has 0 atom stereocenters. The Morgan fingerprint density at radius 1 is 1.62 bits per heavy atom. The summed E-state index contributed by atoms with van der Waals surface area (Å²) in [4.78, 5) is 21.5. The summed E-state index contributed by atoms with van der Waals surface area (Å²) in [6, 6.07) is 4.44. The molecule has 0 aliphatic carbocycles. The number of halogens is 2. The third kappa shape index (κ3) is 2.31. The molecule has 1 rings (SSSR count). The fourth-order valence-corrected chi connectivity index (χ4v) is 2.06. The molecule has 0 saturated heterocycles. The predicted octanol–water partition coefficient (Wildman–Crippen LogP) is 2.49. The van der Waals surface area contributed by atoms with E-state index in [4.69, 9.17) is 16.9 Å². The van der Waals surface area contributed by atoms with Gasteiger partial charge in [-0.15, -0.1) is 11.6 Å². The van der Waals surface area contributed by atoms with Gasteiger partial charge in [-0.3, -0.25) is 14.9 Å². The average molecular weight is 350 g/mol. The Labute approximate surface area is 109 Å². The molecule has 1 aromatic carbocycles. The van der Waals surface area contributed by atoms with Crippen LogP contribution in [0, 0.1) is 25.0 Å². The van der Waals surface area contributed by atoms with Crippen molar-refractivity contribution in [1.82, 2.24) is 0 Å². The number of alkyl halides is 1. The van der Waals surface area contributed by atoms with Crippen molar-refractivity contribution in [3.63, 3.8) is 0 Å². The van der Waals surface area contributed by atoms with Crippen LogP contribution >= 0.6 is 34.2 Å². The third-order valence-corrected chi connectivity index (χ3v) is 3.18. The summed E-state index contributed by atoms with van der Waals surface area (Å²) in [5, 5.41) is 19.6. The molecular weight excluding hydrogens is 346 g/mol. The number of nitriles is 1. The number of carbonyl (C=O) groups excluding carboxylic acids is 1. The average Bonchev–Trinajstić information content (AvgIpc) is 2.26. The molecule has 82 valence electrons. The maximum absolute atomic E-state index is 11.4.